The van der Waals surface area contributed by atoms with E-state index < -0.39 is 0 Å². The third-order valence-electron chi connectivity index (χ3n) is 4.18. The first-order valence-corrected chi connectivity index (χ1v) is 7.95. The molecule has 0 radical (unpaired) electrons. The van der Waals surface area contributed by atoms with Crippen LogP contribution in [-0.4, -0.2) is 50.6 Å². The number of alkyl halides is 1. The first-order valence-electron chi connectivity index (χ1n) is 7.42. The highest BCUT2D eigenvalue weighted by Gasteiger charge is 2.18. The molecule has 0 atom stereocenters. The standard InChI is InChI=1S/C17H21ClN2O/c1-21-15-6-5-14-3-2-4-17(16(14)13-15)20-11-9-19(8-7-18)10-12-20/h2-6,13H,7-12H2,1H3. The molecule has 1 saturated heterocycles. The highest BCUT2D eigenvalue weighted by atomic mass is 35.5. The lowest BCUT2D eigenvalue weighted by Gasteiger charge is -2.36. The molecule has 0 saturated carbocycles. The van der Waals surface area contributed by atoms with Crippen LogP contribution in [0.4, 0.5) is 5.69 Å². The summed E-state index contributed by atoms with van der Waals surface area (Å²) in [5, 5.41) is 2.53. The van der Waals surface area contributed by atoms with Crippen molar-refractivity contribution in [3.05, 3.63) is 36.4 Å². The highest BCUT2D eigenvalue weighted by Crippen LogP contribution is 2.30. The van der Waals surface area contributed by atoms with E-state index in [0.717, 1.165) is 38.5 Å². The summed E-state index contributed by atoms with van der Waals surface area (Å²) >= 11 is 5.83. The van der Waals surface area contributed by atoms with Crippen molar-refractivity contribution in [3.8, 4) is 5.75 Å². The van der Waals surface area contributed by atoms with E-state index in [1.54, 1.807) is 7.11 Å². The number of anilines is 1. The van der Waals surface area contributed by atoms with E-state index in [0.29, 0.717) is 5.88 Å². The number of halogens is 1. The first kappa shape index (κ1) is 14.5. The van der Waals surface area contributed by atoms with E-state index >= 15 is 0 Å². The van der Waals surface area contributed by atoms with Gasteiger partial charge in [-0.2, -0.15) is 0 Å². The Balaban J connectivity index is 1.87. The second kappa shape index (κ2) is 6.54. The molecule has 3 rings (SSSR count). The smallest absolute Gasteiger partial charge is 0.119 e. The second-order valence-electron chi connectivity index (χ2n) is 5.38. The average molecular weight is 305 g/mol. The Morgan fingerprint density at radius 1 is 1.10 bits per heavy atom. The van der Waals surface area contributed by atoms with Crippen molar-refractivity contribution >= 4 is 28.1 Å². The molecule has 1 fully saturated rings. The second-order valence-corrected chi connectivity index (χ2v) is 5.76. The van der Waals surface area contributed by atoms with Crippen molar-refractivity contribution in [2.24, 2.45) is 0 Å². The van der Waals surface area contributed by atoms with Crippen molar-refractivity contribution in [2.45, 2.75) is 0 Å². The van der Waals surface area contributed by atoms with E-state index in [9.17, 15) is 0 Å². The third-order valence-corrected chi connectivity index (χ3v) is 4.35. The Morgan fingerprint density at radius 2 is 1.90 bits per heavy atom. The van der Waals surface area contributed by atoms with Gasteiger partial charge in [0.2, 0.25) is 0 Å². The van der Waals surface area contributed by atoms with Crippen molar-refractivity contribution in [1.29, 1.82) is 0 Å². The Kier molecular flexibility index (Phi) is 4.51. The molecular formula is C17H21ClN2O. The summed E-state index contributed by atoms with van der Waals surface area (Å²) in [6, 6.07) is 12.8. The van der Waals surface area contributed by atoms with Gasteiger partial charge in [0.1, 0.15) is 5.75 Å². The minimum Gasteiger partial charge on any atom is -0.497 e. The van der Waals surface area contributed by atoms with Crippen LogP contribution in [0.3, 0.4) is 0 Å². The first-order chi connectivity index (χ1) is 10.3. The molecule has 0 bridgehead atoms. The lowest BCUT2D eigenvalue weighted by atomic mass is 10.1. The molecule has 0 unspecified atom stereocenters. The fourth-order valence-electron chi connectivity index (χ4n) is 2.97. The van der Waals surface area contributed by atoms with Gasteiger partial charge in [-0.1, -0.05) is 18.2 Å². The number of piperazine rings is 1. The molecule has 3 nitrogen and oxygen atoms in total. The summed E-state index contributed by atoms with van der Waals surface area (Å²) in [6.45, 7) is 5.24. The molecule has 2 aromatic rings. The van der Waals surface area contributed by atoms with E-state index in [4.69, 9.17) is 16.3 Å². The summed E-state index contributed by atoms with van der Waals surface area (Å²) in [5.74, 6) is 1.63. The normalized spacial score (nSPS) is 16.4. The van der Waals surface area contributed by atoms with Crippen LogP contribution in [0.15, 0.2) is 36.4 Å². The third kappa shape index (κ3) is 3.09. The maximum Gasteiger partial charge on any atom is 0.119 e. The fraction of sp³-hybridized carbons (Fsp3) is 0.412. The molecule has 4 heteroatoms. The summed E-state index contributed by atoms with van der Waals surface area (Å²) in [6.07, 6.45) is 0. The molecule has 0 spiro atoms. The van der Waals surface area contributed by atoms with Crippen LogP contribution < -0.4 is 9.64 Å². The van der Waals surface area contributed by atoms with Gasteiger partial charge in [-0.15, -0.1) is 11.6 Å². The molecule has 2 aromatic carbocycles. The molecule has 0 aliphatic carbocycles. The van der Waals surface area contributed by atoms with Gasteiger partial charge in [0.25, 0.3) is 0 Å². The van der Waals surface area contributed by atoms with Gasteiger partial charge < -0.3 is 9.64 Å². The summed E-state index contributed by atoms with van der Waals surface area (Å²) in [5.41, 5.74) is 1.30. The SMILES string of the molecule is COc1ccc2cccc(N3CCN(CCCl)CC3)c2c1. The maximum atomic E-state index is 5.83. The number of benzene rings is 2. The zero-order valence-corrected chi connectivity index (χ0v) is 13.1. The van der Waals surface area contributed by atoms with E-state index in [1.807, 2.05) is 6.07 Å². The number of rotatable bonds is 4. The maximum absolute atomic E-state index is 5.83. The molecule has 0 amide bonds. The lowest BCUT2D eigenvalue weighted by Crippen LogP contribution is -2.47. The Hall–Kier alpha value is -1.45. The molecule has 21 heavy (non-hydrogen) atoms. The van der Waals surface area contributed by atoms with Gasteiger partial charge in [0, 0.05) is 49.7 Å². The van der Waals surface area contributed by atoms with E-state index in [1.165, 1.54) is 16.5 Å². The summed E-state index contributed by atoms with van der Waals surface area (Å²) in [4.78, 5) is 4.89. The molecule has 0 N–H and O–H groups in total. The predicted octanol–water partition coefficient (Wildman–Crippen LogP) is 3.21. The minimum atomic E-state index is 0.714. The average Bonchev–Trinajstić information content (AvgIpc) is 2.55. The molecule has 1 aliphatic heterocycles. The van der Waals surface area contributed by atoms with Crippen LogP contribution in [0.1, 0.15) is 0 Å². The van der Waals surface area contributed by atoms with Gasteiger partial charge in [0.15, 0.2) is 0 Å². The lowest BCUT2D eigenvalue weighted by molar-refractivity contribution is 0.273. The number of nitrogens with zero attached hydrogens (tertiary/aromatic N) is 2. The molecule has 1 aliphatic rings. The quantitative estimate of drug-likeness (QED) is 0.807. The summed E-state index contributed by atoms with van der Waals surface area (Å²) < 4.78 is 5.37. The highest BCUT2D eigenvalue weighted by molar-refractivity contribution is 6.18. The fourth-order valence-corrected chi connectivity index (χ4v) is 3.21. The van der Waals surface area contributed by atoms with Gasteiger partial charge in [-0.05, 0) is 23.6 Å². The Bertz CT molecular complexity index is 609. The topological polar surface area (TPSA) is 15.7 Å². The van der Waals surface area contributed by atoms with Gasteiger partial charge >= 0.3 is 0 Å². The van der Waals surface area contributed by atoms with Crippen LogP contribution in [0, 0.1) is 0 Å². The molecule has 112 valence electrons. The van der Waals surface area contributed by atoms with Crippen molar-refractivity contribution in [2.75, 3.05) is 50.6 Å². The number of ether oxygens (including phenoxy) is 1. The minimum absolute atomic E-state index is 0.714. The van der Waals surface area contributed by atoms with E-state index in [2.05, 4.69) is 40.1 Å². The largest absolute Gasteiger partial charge is 0.497 e. The van der Waals surface area contributed by atoms with Crippen LogP contribution in [0.2, 0.25) is 0 Å². The van der Waals surface area contributed by atoms with Crippen molar-refractivity contribution in [3.63, 3.8) is 0 Å². The molecular weight excluding hydrogens is 284 g/mol. The van der Waals surface area contributed by atoms with Gasteiger partial charge in [0.05, 0.1) is 7.11 Å². The van der Waals surface area contributed by atoms with Gasteiger partial charge in [-0.3, -0.25) is 4.90 Å². The van der Waals surface area contributed by atoms with E-state index in [-0.39, 0.29) is 0 Å². The zero-order chi connectivity index (χ0) is 14.7. The van der Waals surface area contributed by atoms with Crippen LogP contribution in [-0.2, 0) is 0 Å². The molecule has 1 heterocycles. The number of fused-ring (bicyclic) bond motifs is 1. The van der Waals surface area contributed by atoms with Crippen molar-refractivity contribution in [1.82, 2.24) is 4.90 Å². The predicted molar refractivity (Wildman–Crippen MR) is 89.9 cm³/mol. The van der Waals surface area contributed by atoms with Crippen molar-refractivity contribution < 1.29 is 4.74 Å². The van der Waals surface area contributed by atoms with Gasteiger partial charge in [-0.25, -0.2) is 0 Å². The van der Waals surface area contributed by atoms with Crippen LogP contribution in [0.5, 0.6) is 5.75 Å². The number of methoxy groups -OCH3 is 1. The summed E-state index contributed by atoms with van der Waals surface area (Å²) in [7, 11) is 1.72. The monoisotopic (exact) mass is 304 g/mol. The number of hydrogen-bond donors (Lipinski definition) is 0. The van der Waals surface area contributed by atoms with Crippen LogP contribution in [0.25, 0.3) is 10.8 Å². The number of hydrogen-bond acceptors (Lipinski definition) is 3. The Morgan fingerprint density at radius 3 is 2.62 bits per heavy atom. The Labute approximate surface area is 131 Å². The van der Waals surface area contributed by atoms with Crippen LogP contribution >= 0.6 is 11.6 Å². The zero-order valence-electron chi connectivity index (χ0n) is 12.4. The molecule has 0 aromatic heterocycles.